The van der Waals surface area contributed by atoms with Crippen LogP contribution in [0.2, 0.25) is 0 Å². The van der Waals surface area contributed by atoms with Crippen LogP contribution in [-0.2, 0) is 4.74 Å². The van der Waals surface area contributed by atoms with Gasteiger partial charge in [0.2, 0.25) is 0 Å². The molecular weight excluding hydrogens is 116 g/mol. The molecular formula is C7H6O2. The second-order valence-corrected chi connectivity index (χ2v) is 2.04. The number of ether oxygens (including phenoxy) is 1. The van der Waals surface area contributed by atoms with Crippen molar-refractivity contribution >= 4 is 0 Å². The maximum atomic E-state index is 9.06. The van der Waals surface area contributed by atoms with Crippen LogP contribution in [0.4, 0.5) is 0 Å². The van der Waals surface area contributed by atoms with Crippen LogP contribution >= 0.6 is 0 Å². The molecule has 2 aliphatic rings. The minimum atomic E-state index is 0.339. The lowest BCUT2D eigenvalue weighted by Gasteiger charge is -1.91. The molecule has 0 aromatic rings. The summed E-state index contributed by atoms with van der Waals surface area (Å²) in [4.78, 5) is 0. The molecule has 1 aliphatic heterocycles. The highest BCUT2D eigenvalue weighted by Crippen LogP contribution is 2.27. The van der Waals surface area contributed by atoms with Crippen LogP contribution < -0.4 is 0 Å². The third-order valence-corrected chi connectivity index (χ3v) is 1.45. The van der Waals surface area contributed by atoms with E-state index in [-0.39, 0.29) is 0 Å². The summed E-state index contributed by atoms with van der Waals surface area (Å²) in [5.41, 5.74) is 0.843. The van der Waals surface area contributed by atoms with Crippen molar-refractivity contribution in [1.82, 2.24) is 0 Å². The van der Waals surface area contributed by atoms with E-state index in [1.165, 1.54) is 0 Å². The summed E-state index contributed by atoms with van der Waals surface area (Å²) < 4.78 is 5.06. The quantitative estimate of drug-likeness (QED) is 0.524. The van der Waals surface area contributed by atoms with Crippen molar-refractivity contribution in [1.29, 1.82) is 0 Å². The van der Waals surface area contributed by atoms with Gasteiger partial charge in [0.25, 0.3) is 0 Å². The third kappa shape index (κ3) is 0.499. The molecule has 0 saturated carbocycles. The highest BCUT2D eigenvalue weighted by atomic mass is 16.5. The van der Waals surface area contributed by atoms with Gasteiger partial charge in [-0.15, -0.1) is 0 Å². The van der Waals surface area contributed by atoms with Gasteiger partial charge in [0.05, 0.1) is 5.57 Å². The van der Waals surface area contributed by atoms with Crippen LogP contribution in [0.1, 0.15) is 0 Å². The summed E-state index contributed by atoms with van der Waals surface area (Å²) in [7, 11) is 0. The minimum Gasteiger partial charge on any atom is -0.508 e. The molecule has 1 N–H and O–H groups in total. The second-order valence-electron chi connectivity index (χ2n) is 2.04. The SMILES string of the molecule is OC1=C2C=CC=C2OC1. The normalized spacial score (nSPS) is 22.0. The maximum Gasteiger partial charge on any atom is 0.146 e. The Morgan fingerprint density at radius 2 is 2.44 bits per heavy atom. The lowest BCUT2D eigenvalue weighted by atomic mass is 10.2. The standard InChI is InChI=1S/C7H6O2/c8-6-4-9-7-3-1-2-5(6)7/h1-3,8H,4H2. The average Bonchev–Trinajstić information content (AvgIpc) is 2.35. The van der Waals surface area contributed by atoms with Crippen LogP contribution in [-0.4, -0.2) is 11.7 Å². The first-order valence-corrected chi connectivity index (χ1v) is 2.81. The fourth-order valence-corrected chi connectivity index (χ4v) is 0.992. The van der Waals surface area contributed by atoms with Crippen molar-refractivity contribution < 1.29 is 9.84 Å². The molecule has 1 heterocycles. The van der Waals surface area contributed by atoms with Crippen LogP contribution in [0.5, 0.6) is 0 Å². The number of allylic oxidation sites excluding steroid dienone is 3. The van der Waals surface area contributed by atoms with Gasteiger partial charge in [-0.2, -0.15) is 0 Å². The summed E-state index contributed by atoms with van der Waals surface area (Å²) in [6.45, 7) is 0.339. The van der Waals surface area contributed by atoms with E-state index in [2.05, 4.69) is 0 Å². The second kappa shape index (κ2) is 1.41. The summed E-state index contributed by atoms with van der Waals surface area (Å²) in [6, 6.07) is 0. The summed E-state index contributed by atoms with van der Waals surface area (Å²) in [5.74, 6) is 1.14. The molecule has 2 nitrogen and oxygen atoms in total. The lowest BCUT2D eigenvalue weighted by molar-refractivity contribution is 0.233. The van der Waals surface area contributed by atoms with E-state index >= 15 is 0 Å². The van der Waals surface area contributed by atoms with Gasteiger partial charge in [-0.05, 0) is 12.2 Å². The summed E-state index contributed by atoms with van der Waals surface area (Å²) >= 11 is 0. The average molecular weight is 122 g/mol. The maximum absolute atomic E-state index is 9.06. The van der Waals surface area contributed by atoms with E-state index in [4.69, 9.17) is 9.84 Å². The van der Waals surface area contributed by atoms with Gasteiger partial charge in [0, 0.05) is 0 Å². The molecule has 0 aromatic heterocycles. The van der Waals surface area contributed by atoms with E-state index in [1.807, 2.05) is 18.2 Å². The molecule has 0 amide bonds. The Bertz CT molecular complexity index is 233. The molecule has 0 fully saturated rings. The fourth-order valence-electron chi connectivity index (χ4n) is 0.992. The Kier molecular flexibility index (Phi) is 0.730. The van der Waals surface area contributed by atoms with Crippen LogP contribution in [0.15, 0.2) is 35.3 Å². The fraction of sp³-hybridized carbons (Fsp3) is 0.143. The van der Waals surface area contributed by atoms with Crippen molar-refractivity contribution in [2.45, 2.75) is 0 Å². The van der Waals surface area contributed by atoms with Crippen LogP contribution in [0, 0.1) is 0 Å². The Hall–Kier alpha value is -1.18. The Balaban J connectivity index is 2.52. The zero-order valence-corrected chi connectivity index (χ0v) is 4.79. The predicted octanol–water partition coefficient (Wildman–Crippen LogP) is 1.28. The first-order chi connectivity index (χ1) is 4.38. The summed E-state index contributed by atoms with van der Waals surface area (Å²) in [5, 5.41) is 9.06. The zero-order chi connectivity index (χ0) is 6.27. The Labute approximate surface area is 52.8 Å². The molecule has 2 heteroatoms. The molecule has 0 aromatic carbocycles. The lowest BCUT2D eigenvalue weighted by Crippen LogP contribution is -1.83. The van der Waals surface area contributed by atoms with Gasteiger partial charge in [0.15, 0.2) is 0 Å². The molecule has 0 bridgehead atoms. The van der Waals surface area contributed by atoms with E-state index in [9.17, 15) is 0 Å². The van der Waals surface area contributed by atoms with Crippen LogP contribution in [0.25, 0.3) is 0 Å². The van der Waals surface area contributed by atoms with Crippen molar-refractivity contribution in [2.24, 2.45) is 0 Å². The number of aliphatic hydroxyl groups is 1. The van der Waals surface area contributed by atoms with Gasteiger partial charge in [-0.1, -0.05) is 6.08 Å². The van der Waals surface area contributed by atoms with Crippen molar-refractivity contribution in [3.63, 3.8) is 0 Å². The third-order valence-electron chi connectivity index (χ3n) is 1.45. The van der Waals surface area contributed by atoms with Gasteiger partial charge < -0.3 is 9.84 Å². The number of hydrogen-bond acceptors (Lipinski definition) is 2. The first-order valence-electron chi connectivity index (χ1n) is 2.81. The number of aliphatic hydroxyl groups excluding tert-OH is 1. The van der Waals surface area contributed by atoms with Crippen molar-refractivity contribution in [2.75, 3.05) is 6.61 Å². The highest BCUT2D eigenvalue weighted by Gasteiger charge is 2.19. The topological polar surface area (TPSA) is 29.5 Å². The van der Waals surface area contributed by atoms with Gasteiger partial charge in [0.1, 0.15) is 18.1 Å². The molecule has 9 heavy (non-hydrogen) atoms. The molecule has 0 spiro atoms. The molecule has 0 unspecified atom stereocenters. The first kappa shape index (κ1) is 4.68. The van der Waals surface area contributed by atoms with E-state index < -0.39 is 0 Å². The van der Waals surface area contributed by atoms with Gasteiger partial charge >= 0.3 is 0 Å². The van der Waals surface area contributed by atoms with Gasteiger partial charge in [-0.3, -0.25) is 0 Å². The molecule has 2 rings (SSSR count). The minimum absolute atomic E-state index is 0.339. The van der Waals surface area contributed by atoms with E-state index in [1.54, 1.807) is 0 Å². The molecule has 0 radical (unpaired) electrons. The largest absolute Gasteiger partial charge is 0.508 e. The van der Waals surface area contributed by atoms with E-state index in [0.717, 1.165) is 11.3 Å². The van der Waals surface area contributed by atoms with Crippen molar-refractivity contribution in [3.8, 4) is 0 Å². The zero-order valence-electron chi connectivity index (χ0n) is 4.79. The highest BCUT2D eigenvalue weighted by molar-refractivity contribution is 5.49. The van der Waals surface area contributed by atoms with Crippen LogP contribution in [0.3, 0.4) is 0 Å². The molecule has 46 valence electrons. The smallest absolute Gasteiger partial charge is 0.146 e. The number of fused-ring (bicyclic) bond motifs is 1. The summed E-state index contributed by atoms with van der Waals surface area (Å²) in [6.07, 6.45) is 5.55. The monoisotopic (exact) mass is 122 g/mol. The Morgan fingerprint density at radius 3 is 3.22 bits per heavy atom. The molecule has 1 aliphatic carbocycles. The van der Waals surface area contributed by atoms with E-state index in [0.29, 0.717) is 12.4 Å². The molecule has 0 atom stereocenters. The number of hydrogen-bond donors (Lipinski definition) is 1. The Morgan fingerprint density at radius 1 is 1.56 bits per heavy atom. The molecule has 0 saturated heterocycles. The number of rotatable bonds is 0. The van der Waals surface area contributed by atoms with Crippen molar-refractivity contribution in [3.05, 3.63) is 35.3 Å². The predicted molar refractivity (Wildman–Crippen MR) is 32.8 cm³/mol. The van der Waals surface area contributed by atoms with Gasteiger partial charge in [-0.25, -0.2) is 0 Å².